The summed E-state index contributed by atoms with van der Waals surface area (Å²) in [6.07, 6.45) is 1.66. The van der Waals surface area contributed by atoms with Crippen LogP contribution in [0.25, 0.3) is 11.1 Å². The molecular weight excluding hydrogens is 178 g/mol. The Morgan fingerprint density at radius 2 is 2.21 bits per heavy atom. The molecule has 1 heterocycles. The second-order valence-electron chi connectivity index (χ2n) is 3.92. The van der Waals surface area contributed by atoms with Crippen molar-refractivity contribution in [3.8, 4) is 0 Å². The van der Waals surface area contributed by atoms with E-state index in [9.17, 15) is 5.11 Å². The summed E-state index contributed by atoms with van der Waals surface area (Å²) < 4.78 is 5.41. The molecule has 0 radical (unpaired) electrons. The molecule has 72 valence electrons. The van der Waals surface area contributed by atoms with Gasteiger partial charge >= 0.3 is 0 Å². The van der Waals surface area contributed by atoms with E-state index in [1.165, 1.54) is 0 Å². The number of oxazole rings is 1. The van der Waals surface area contributed by atoms with E-state index in [0.29, 0.717) is 5.89 Å². The summed E-state index contributed by atoms with van der Waals surface area (Å²) in [4.78, 5) is 4.29. The highest BCUT2D eigenvalue weighted by atomic mass is 16.3. The first-order valence-corrected chi connectivity index (χ1v) is 4.78. The number of aryl methyl sites for hydroxylation is 1. The minimum Gasteiger partial charge on any atom is -0.441 e. The molecule has 2 aromatic rings. The smallest absolute Gasteiger partial charge is 0.192 e. The lowest BCUT2D eigenvalue weighted by Gasteiger charge is -2.06. The van der Waals surface area contributed by atoms with Gasteiger partial charge in [0.2, 0.25) is 0 Å². The third-order valence-corrected chi connectivity index (χ3v) is 2.75. The maximum atomic E-state index is 10.0. The Balaban J connectivity index is 2.32. The SMILES string of the molecule is Cc1nc2c(C3(O)CC3)cccc2o1. The molecule has 1 saturated carbocycles. The van der Waals surface area contributed by atoms with Crippen molar-refractivity contribution in [2.75, 3.05) is 0 Å². The second kappa shape index (κ2) is 2.36. The molecule has 0 atom stereocenters. The zero-order chi connectivity index (χ0) is 9.76. The van der Waals surface area contributed by atoms with Crippen LogP contribution < -0.4 is 0 Å². The summed E-state index contributed by atoms with van der Waals surface area (Å²) in [7, 11) is 0. The van der Waals surface area contributed by atoms with Gasteiger partial charge in [-0.3, -0.25) is 0 Å². The Morgan fingerprint density at radius 1 is 1.43 bits per heavy atom. The lowest BCUT2D eigenvalue weighted by molar-refractivity contribution is 0.153. The third-order valence-electron chi connectivity index (χ3n) is 2.75. The van der Waals surface area contributed by atoms with Crippen LogP contribution in [-0.2, 0) is 5.60 Å². The molecule has 0 saturated heterocycles. The molecule has 3 rings (SSSR count). The van der Waals surface area contributed by atoms with Gasteiger partial charge in [-0.2, -0.15) is 0 Å². The van der Waals surface area contributed by atoms with Crippen LogP contribution in [0.15, 0.2) is 22.6 Å². The van der Waals surface area contributed by atoms with Gasteiger partial charge in [0.1, 0.15) is 5.52 Å². The number of benzene rings is 1. The molecule has 1 aliphatic rings. The first kappa shape index (κ1) is 8.00. The fourth-order valence-electron chi connectivity index (χ4n) is 1.82. The second-order valence-corrected chi connectivity index (χ2v) is 3.92. The van der Waals surface area contributed by atoms with Gasteiger partial charge in [0.15, 0.2) is 11.5 Å². The van der Waals surface area contributed by atoms with Crippen LogP contribution in [0, 0.1) is 6.92 Å². The predicted octanol–water partition coefficient (Wildman–Crippen LogP) is 2.12. The molecule has 0 spiro atoms. The van der Waals surface area contributed by atoms with E-state index in [1.807, 2.05) is 25.1 Å². The van der Waals surface area contributed by atoms with Crippen LogP contribution in [-0.4, -0.2) is 10.1 Å². The zero-order valence-corrected chi connectivity index (χ0v) is 7.95. The van der Waals surface area contributed by atoms with Crippen molar-refractivity contribution in [3.05, 3.63) is 29.7 Å². The minimum absolute atomic E-state index is 0.636. The fourth-order valence-corrected chi connectivity index (χ4v) is 1.82. The largest absolute Gasteiger partial charge is 0.441 e. The van der Waals surface area contributed by atoms with Crippen LogP contribution in [0.2, 0.25) is 0 Å². The summed E-state index contributed by atoms with van der Waals surface area (Å²) in [5.41, 5.74) is 1.85. The number of aliphatic hydroxyl groups is 1. The quantitative estimate of drug-likeness (QED) is 0.747. The summed E-state index contributed by atoms with van der Waals surface area (Å²) in [6.45, 7) is 1.82. The zero-order valence-electron chi connectivity index (χ0n) is 7.95. The molecule has 14 heavy (non-hydrogen) atoms. The van der Waals surface area contributed by atoms with Crippen LogP contribution in [0.3, 0.4) is 0 Å². The number of fused-ring (bicyclic) bond motifs is 1. The molecule has 0 amide bonds. The molecule has 0 unspecified atom stereocenters. The van der Waals surface area contributed by atoms with Crippen molar-refractivity contribution < 1.29 is 9.52 Å². The van der Waals surface area contributed by atoms with Crippen LogP contribution in [0.4, 0.5) is 0 Å². The fraction of sp³-hybridized carbons (Fsp3) is 0.364. The minimum atomic E-state index is -0.636. The monoisotopic (exact) mass is 189 g/mol. The van der Waals surface area contributed by atoms with Gasteiger partial charge in [-0.15, -0.1) is 0 Å². The summed E-state index contributed by atoms with van der Waals surface area (Å²) >= 11 is 0. The van der Waals surface area contributed by atoms with E-state index in [4.69, 9.17) is 4.42 Å². The van der Waals surface area contributed by atoms with Crippen molar-refractivity contribution in [2.24, 2.45) is 0 Å². The number of hydrogen-bond donors (Lipinski definition) is 1. The number of hydrogen-bond acceptors (Lipinski definition) is 3. The van der Waals surface area contributed by atoms with E-state index >= 15 is 0 Å². The molecule has 3 nitrogen and oxygen atoms in total. The standard InChI is InChI=1S/C11H11NO2/c1-7-12-10-8(11(13)5-6-11)3-2-4-9(10)14-7/h2-4,13H,5-6H2,1H3. The van der Waals surface area contributed by atoms with Gasteiger partial charge in [-0.05, 0) is 18.9 Å². The van der Waals surface area contributed by atoms with Crippen LogP contribution in [0.5, 0.6) is 0 Å². The Labute approximate surface area is 81.4 Å². The maximum Gasteiger partial charge on any atom is 0.192 e. The van der Waals surface area contributed by atoms with Crippen LogP contribution in [0.1, 0.15) is 24.3 Å². The number of aromatic nitrogens is 1. The van der Waals surface area contributed by atoms with Crippen LogP contribution >= 0.6 is 0 Å². The molecule has 0 aliphatic heterocycles. The maximum absolute atomic E-state index is 10.0. The average Bonchev–Trinajstić information content (AvgIpc) is 2.78. The molecule has 1 aliphatic carbocycles. The molecule has 1 fully saturated rings. The number of rotatable bonds is 1. The Bertz CT molecular complexity index is 497. The third kappa shape index (κ3) is 0.990. The van der Waals surface area contributed by atoms with Gasteiger partial charge in [-0.25, -0.2) is 4.98 Å². The highest BCUT2D eigenvalue weighted by molar-refractivity contribution is 5.78. The van der Waals surface area contributed by atoms with E-state index in [1.54, 1.807) is 0 Å². The summed E-state index contributed by atoms with van der Waals surface area (Å²) in [5, 5.41) is 10.0. The lowest BCUT2D eigenvalue weighted by atomic mass is 10.1. The molecule has 0 bridgehead atoms. The highest BCUT2D eigenvalue weighted by Crippen LogP contribution is 2.47. The summed E-state index contributed by atoms with van der Waals surface area (Å²) in [5.74, 6) is 0.650. The Hall–Kier alpha value is -1.35. The molecular formula is C11H11NO2. The Kier molecular flexibility index (Phi) is 1.35. The summed E-state index contributed by atoms with van der Waals surface area (Å²) in [6, 6.07) is 5.71. The van der Waals surface area contributed by atoms with Gasteiger partial charge in [0, 0.05) is 12.5 Å². The van der Waals surface area contributed by atoms with Crippen molar-refractivity contribution in [3.63, 3.8) is 0 Å². The first-order valence-electron chi connectivity index (χ1n) is 4.78. The molecule has 1 aromatic carbocycles. The van der Waals surface area contributed by atoms with Gasteiger partial charge < -0.3 is 9.52 Å². The molecule has 1 N–H and O–H groups in total. The first-order chi connectivity index (χ1) is 6.69. The van der Waals surface area contributed by atoms with Gasteiger partial charge in [0.05, 0.1) is 5.60 Å². The molecule has 1 aromatic heterocycles. The van der Waals surface area contributed by atoms with Gasteiger partial charge in [0.25, 0.3) is 0 Å². The number of para-hydroxylation sites is 1. The van der Waals surface area contributed by atoms with E-state index in [-0.39, 0.29) is 0 Å². The van der Waals surface area contributed by atoms with E-state index < -0.39 is 5.60 Å². The normalized spacial score (nSPS) is 18.7. The van der Waals surface area contributed by atoms with Crippen molar-refractivity contribution in [2.45, 2.75) is 25.4 Å². The number of nitrogens with zero attached hydrogens (tertiary/aromatic N) is 1. The predicted molar refractivity (Wildman–Crippen MR) is 51.9 cm³/mol. The highest BCUT2D eigenvalue weighted by Gasteiger charge is 2.43. The van der Waals surface area contributed by atoms with Crippen molar-refractivity contribution in [1.82, 2.24) is 4.98 Å². The van der Waals surface area contributed by atoms with Crippen molar-refractivity contribution >= 4 is 11.1 Å². The van der Waals surface area contributed by atoms with E-state index in [2.05, 4.69) is 4.98 Å². The Morgan fingerprint density at radius 3 is 2.93 bits per heavy atom. The average molecular weight is 189 g/mol. The van der Waals surface area contributed by atoms with Crippen molar-refractivity contribution in [1.29, 1.82) is 0 Å². The topological polar surface area (TPSA) is 46.3 Å². The molecule has 3 heteroatoms. The van der Waals surface area contributed by atoms with E-state index in [0.717, 1.165) is 29.5 Å². The van der Waals surface area contributed by atoms with Gasteiger partial charge in [-0.1, -0.05) is 12.1 Å². The lowest BCUT2D eigenvalue weighted by Crippen LogP contribution is -2.04.